The van der Waals surface area contributed by atoms with E-state index in [2.05, 4.69) is 15.6 Å². The van der Waals surface area contributed by atoms with Crippen LogP contribution in [-0.4, -0.2) is 35.0 Å². The van der Waals surface area contributed by atoms with Crippen molar-refractivity contribution in [1.82, 2.24) is 15.2 Å². The Labute approximate surface area is 142 Å². The van der Waals surface area contributed by atoms with Gasteiger partial charge < -0.3 is 15.5 Å². The van der Waals surface area contributed by atoms with E-state index in [1.807, 2.05) is 5.38 Å². The number of thiazole rings is 1. The fraction of sp³-hybridized carbons (Fsp3) is 0.375. The van der Waals surface area contributed by atoms with E-state index >= 15 is 0 Å². The minimum absolute atomic E-state index is 0.0283. The predicted molar refractivity (Wildman–Crippen MR) is 88.9 cm³/mol. The van der Waals surface area contributed by atoms with E-state index < -0.39 is 17.7 Å². The highest BCUT2D eigenvalue weighted by molar-refractivity contribution is 7.09. The Bertz CT molecular complexity index is 689. The number of rotatable bonds is 4. The van der Waals surface area contributed by atoms with Crippen LogP contribution >= 0.6 is 11.3 Å². The van der Waals surface area contributed by atoms with Gasteiger partial charge in [0.05, 0.1) is 12.2 Å². The molecular weight excluding hydrogens is 334 g/mol. The van der Waals surface area contributed by atoms with Gasteiger partial charge in [-0.05, 0) is 38.1 Å². The molecule has 0 spiro atoms. The Morgan fingerprint density at radius 1 is 1.38 bits per heavy atom. The highest BCUT2D eigenvalue weighted by atomic mass is 32.1. The van der Waals surface area contributed by atoms with Crippen LogP contribution in [0, 0.1) is 11.6 Å². The molecule has 0 bridgehead atoms. The number of anilines is 1. The average molecular weight is 352 g/mol. The van der Waals surface area contributed by atoms with Crippen LogP contribution < -0.4 is 10.6 Å². The van der Waals surface area contributed by atoms with Crippen LogP contribution in [0.1, 0.15) is 17.8 Å². The quantitative estimate of drug-likeness (QED) is 0.888. The summed E-state index contributed by atoms with van der Waals surface area (Å²) in [4.78, 5) is 18.6. The van der Waals surface area contributed by atoms with Gasteiger partial charge in [0.25, 0.3) is 0 Å². The summed E-state index contributed by atoms with van der Waals surface area (Å²) in [5.41, 5.74) is -0.0283. The van der Waals surface area contributed by atoms with Gasteiger partial charge in [-0.1, -0.05) is 0 Å². The third kappa shape index (κ3) is 4.07. The maximum absolute atomic E-state index is 13.8. The average Bonchev–Trinajstić information content (AvgIpc) is 3.09. The van der Waals surface area contributed by atoms with E-state index in [4.69, 9.17) is 0 Å². The lowest BCUT2D eigenvalue weighted by Crippen LogP contribution is -2.47. The molecule has 2 aromatic rings. The second kappa shape index (κ2) is 7.67. The van der Waals surface area contributed by atoms with Crippen molar-refractivity contribution in [3.63, 3.8) is 0 Å². The van der Waals surface area contributed by atoms with Crippen molar-refractivity contribution < 1.29 is 13.6 Å². The molecule has 128 valence electrons. The van der Waals surface area contributed by atoms with Crippen molar-refractivity contribution in [3.05, 3.63) is 46.4 Å². The molecule has 0 atom stereocenters. The number of carbonyl (C=O) groups is 1. The van der Waals surface area contributed by atoms with Crippen molar-refractivity contribution in [1.29, 1.82) is 0 Å². The van der Waals surface area contributed by atoms with E-state index in [0.717, 1.165) is 43.1 Å². The number of piperidine rings is 1. The molecule has 1 fully saturated rings. The number of nitrogens with one attached hydrogen (secondary N) is 2. The van der Waals surface area contributed by atoms with Crippen LogP contribution in [0.4, 0.5) is 19.3 Å². The molecule has 1 aromatic heterocycles. The summed E-state index contributed by atoms with van der Waals surface area (Å²) >= 11 is 1.47. The second-order valence-electron chi connectivity index (χ2n) is 5.59. The molecule has 0 radical (unpaired) electrons. The Morgan fingerprint density at radius 3 is 2.83 bits per heavy atom. The van der Waals surface area contributed by atoms with Gasteiger partial charge in [-0.3, -0.25) is 0 Å². The molecular formula is C16H18F2N4OS. The molecule has 2 heterocycles. The zero-order valence-electron chi connectivity index (χ0n) is 13.0. The number of amides is 2. The molecule has 5 nitrogen and oxygen atoms in total. The van der Waals surface area contributed by atoms with Crippen molar-refractivity contribution in [2.45, 2.75) is 25.4 Å². The smallest absolute Gasteiger partial charge is 0.317 e. The molecule has 24 heavy (non-hydrogen) atoms. The number of halogens is 2. The van der Waals surface area contributed by atoms with Crippen LogP contribution in [0.25, 0.3) is 0 Å². The highest BCUT2D eigenvalue weighted by Crippen LogP contribution is 2.20. The molecule has 2 N–H and O–H groups in total. The first-order valence-electron chi connectivity index (χ1n) is 7.75. The fourth-order valence-electron chi connectivity index (χ4n) is 2.74. The standard InChI is InChI=1S/C16H18F2N4OS/c17-11-1-2-14(13(18)9-11)21-16(23)22(10-15-20-7-8-24-15)12-3-5-19-6-4-12/h1-2,7-9,12,19H,3-6,10H2,(H,21,23). The first-order chi connectivity index (χ1) is 11.6. The molecule has 1 aromatic carbocycles. The molecule has 1 aliphatic rings. The lowest BCUT2D eigenvalue weighted by Gasteiger charge is -2.34. The summed E-state index contributed by atoms with van der Waals surface area (Å²) in [6, 6.07) is 2.76. The minimum Gasteiger partial charge on any atom is -0.317 e. The number of hydrogen-bond acceptors (Lipinski definition) is 4. The molecule has 2 amide bonds. The number of urea groups is 1. The van der Waals surface area contributed by atoms with Crippen molar-refractivity contribution in [2.75, 3.05) is 18.4 Å². The maximum Gasteiger partial charge on any atom is 0.322 e. The number of benzene rings is 1. The Morgan fingerprint density at radius 2 is 2.17 bits per heavy atom. The van der Waals surface area contributed by atoms with Gasteiger partial charge in [-0.2, -0.15) is 0 Å². The van der Waals surface area contributed by atoms with Crippen molar-refractivity contribution in [3.8, 4) is 0 Å². The van der Waals surface area contributed by atoms with Gasteiger partial charge in [0.15, 0.2) is 0 Å². The van der Waals surface area contributed by atoms with Gasteiger partial charge in [0.2, 0.25) is 0 Å². The summed E-state index contributed by atoms with van der Waals surface area (Å²) in [5, 5.41) is 8.49. The number of aromatic nitrogens is 1. The van der Waals surface area contributed by atoms with Crippen LogP contribution in [-0.2, 0) is 6.54 Å². The van der Waals surface area contributed by atoms with E-state index in [1.165, 1.54) is 17.4 Å². The Kier molecular flexibility index (Phi) is 5.37. The second-order valence-corrected chi connectivity index (χ2v) is 6.57. The van der Waals surface area contributed by atoms with E-state index in [0.29, 0.717) is 6.54 Å². The van der Waals surface area contributed by atoms with Crippen LogP contribution in [0.5, 0.6) is 0 Å². The largest absolute Gasteiger partial charge is 0.322 e. The summed E-state index contributed by atoms with van der Waals surface area (Å²) in [7, 11) is 0. The molecule has 8 heteroatoms. The topological polar surface area (TPSA) is 57.3 Å². The molecule has 0 aliphatic carbocycles. The minimum atomic E-state index is -0.789. The number of nitrogens with zero attached hydrogens (tertiary/aromatic N) is 2. The lowest BCUT2D eigenvalue weighted by atomic mass is 10.1. The summed E-state index contributed by atoms with van der Waals surface area (Å²) < 4.78 is 26.8. The third-order valence-corrected chi connectivity index (χ3v) is 4.74. The first-order valence-corrected chi connectivity index (χ1v) is 8.63. The molecule has 1 saturated heterocycles. The molecule has 3 rings (SSSR count). The van der Waals surface area contributed by atoms with Crippen LogP contribution in [0.3, 0.4) is 0 Å². The van der Waals surface area contributed by atoms with E-state index in [1.54, 1.807) is 11.1 Å². The summed E-state index contributed by atoms with van der Waals surface area (Å²) in [5.74, 6) is -1.47. The maximum atomic E-state index is 13.8. The molecule has 0 saturated carbocycles. The Hall–Kier alpha value is -2.06. The van der Waals surface area contributed by atoms with Gasteiger partial charge >= 0.3 is 6.03 Å². The highest BCUT2D eigenvalue weighted by Gasteiger charge is 2.26. The number of hydrogen-bond donors (Lipinski definition) is 2. The van der Waals surface area contributed by atoms with Gasteiger partial charge in [-0.25, -0.2) is 18.6 Å². The van der Waals surface area contributed by atoms with Crippen LogP contribution in [0.2, 0.25) is 0 Å². The van der Waals surface area contributed by atoms with E-state index in [9.17, 15) is 13.6 Å². The van der Waals surface area contributed by atoms with Gasteiger partial charge in [0.1, 0.15) is 16.6 Å². The fourth-order valence-corrected chi connectivity index (χ4v) is 3.35. The van der Waals surface area contributed by atoms with Gasteiger partial charge in [0, 0.05) is 23.7 Å². The van der Waals surface area contributed by atoms with Gasteiger partial charge in [-0.15, -0.1) is 11.3 Å². The summed E-state index contributed by atoms with van der Waals surface area (Å²) in [6.07, 6.45) is 3.34. The normalized spacial score (nSPS) is 15.2. The monoisotopic (exact) mass is 352 g/mol. The van der Waals surface area contributed by atoms with E-state index in [-0.39, 0.29) is 11.7 Å². The third-order valence-electron chi connectivity index (χ3n) is 3.97. The SMILES string of the molecule is O=C(Nc1ccc(F)cc1F)N(Cc1nccs1)C1CCNCC1. The lowest BCUT2D eigenvalue weighted by molar-refractivity contribution is 0.166. The Balaban J connectivity index is 1.76. The predicted octanol–water partition coefficient (Wildman–Crippen LogP) is 3.21. The molecule has 1 aliphatic heterocycles. The zero-order chi connectivity index (χ0) is 16.9. The molecule has 0 unspecified atom stereocenters. The van der Waals surface area contributed by atoms with Crippen molar-refractivity contribution >= 4 is 23.1 Å². The van der Waals surface area contributed by atoms with Crippen LogP contribution in [0.15, 0.2) is 29.8 Å². The first kappa shape index (κ1) is 16.8. The summed E-state index contributed by atoms with van der Waals surface area (Å²) in [6.45, 7) is 2.03. The number of carbonyl (C=O) groups excluding carboxylic acids is 1. The zero-order valence-corrected chi connectivity index (χ0v) is 13.8. The van der Waals surface area contributed by atoms with Crippen molar-refractivity contribution in [2.24, 2.45) is 0 Å².